The lowest BCUT2D eigenvalue weighted by Crippen LogP contribution is -2.37. The van der Waals surface area contributed by atoms with Crippen molar-refractivity contribution in [2.24, 2.45) is 5.92 Å². The van der Waals surface area contributed by atoms with Crippen molar-refractivity contribution in [1.29, 1.82) is 0 Å². The maximum Gasteiger partial charge on any atom is 0.316 e. The number of hydrogen-bond acceptors (Lipinski definition) is 7. The highest BCUT2D eigenvalue weighted by atomic mass is 32.2. The highest BCUT2D eigenvalue weighted by Gasteiger charge is 2.28. The Balaban J connectivity index is 1.38. The summed E-state index contributed by atoms with van der Waals surface area (Å²) in [5.41, 5.74) is 1.79. The van der Waals surface area contributed by atoms with Gasteiger partial charge in [-0.1, -0.05) is 12.1 Å². The summed E-state index contributed by atoms with van der Waals surface area (Å²) < 4.78 is 32.4. The van der Waals surface area contributed by atoms with Gasteiger partial charge in [-0.2, -0.15) is 9.29 Å². The smallest absolute Gasteiger partial charge is 0.316 e. The first kappa shape index (κ1) is 22.6. The normalized spacial score (nSPS) is 15.7. The zero-order valence-corrected chi connectivity index (χ0v) is 19.7. The lowest BCUT2D eigenvalue weighted by molar-refractivity contribution is 0.0910. The Hall–Kier alpha value is -2.56. The number of hydrogen-bond donors (Lipinski definition) is 1. The molecule has 3 heterocycles. The van der Waals surface area contributed by atoms with Gasteiger partial charge in [0.2, 0.25) is 15.8 Å². The van der Waals surface area contributed by atoms with Crippen LogP contribution in [0.15, 0.2) is 45.1 Å². The lowest BCUT2D eigenvalue weighted by atomic mass is 10.0. The van der Waals surface area contributed by atoms with Crippen molar-refractivity contribution in [3.8, 4) is 11.4 Å². The first-order valence-electron chi connectivity index (χ1n) is 10.6. The molecular formula is C22H26N4O4S2. The van der Waals surface area contributed by atoms with Gasteiger partial charge >= 0.3 is 11.8 Å². The van der Waals surface area contributed by atoms with E-state index in [0.29, 0.717) is 31.1 Å². The number of carbonyl (C=O) groups excluding carboxylic acids is 1. The van der Waals surface area contributed by atoms with Crippen LogP contribution in [0.5, 0.6) is 0 Å². The number of nitrogens with zero attached hydrogens (tertiary/aromatic N) is 3. The molecule has 2 aromatic heterocycles. The van der Waals surface area contributed by atoms with Crippen LogP contribution in [0.3, 0.4) is 0 Å². The summed E-state index contributed by atoms with van der Waals surface area (Å²) in [5.74, 6) is 0.229. The molecular weight excluding hydrogens is 448 g/mol. The Morgan fingerprint density at radius 2 is 1.94 bits per heavy atom. The predicted octanol–water partition coefficient (Wildman–Crippen LogP) is 3.50. The molecule has 1 N–H and O–H groups in total. The summed E-state index contributed by atoms with van der Waals surface area (Å²) >= 11 is 1.66. The number of nitrogens with one attached hydrogen (secondary N) is 1. The van der Waals surface area contributed by atoms with E-state index >= 15 is 0 Å². The topological polar surface area (TPSA) is 105 Å². The molecule has 1 aliphatic rings. The fourth-order valence-corrected chi connectivity index (χ4v) is 5.99. The Kier molecular flexibility index (Phi) is 6.73. The second kappa shape index (κ2) is 9.51. The summed E-state index contributed by atoms with van der Waals surface area (Å²) in [6.07, 6.45) is 2.48. The molecule has 3 aromatic rings. The number of sulfonamides is 1. The molecule has 0 bridgehead atoms. The minimum atomic E-state index is -3.52. The molecule has 0 radical (unpaired) electrons. The number of amides is 1. The van der Waals surface area contributed by atoms with Crippen molar-refractivity contribution in [2.75, 3.05) is 19.6 Å². The molecule has 4 rings (SSSR count). The number of aromatic nitrogens is 2. The minimum Gasteiger partial charge on any atom is -0.347 e. The van der Waals surface area contributed by atoms with E-state index in [9.17, 15) is 13.2 Å². The Morgan fingerprint density at radius 1 is 1.22 bits per heavy atom. The molecule has 170 valence electrons. The van der Waals surface area contributed by atoms with Gasteiger partial charge in [-0.25, -0.2) is 8.42 Å². The second-order valence-corrected chi connectivity index (χ2v) is 11.0. The van der Waals surface area contributed by atoms with Gasteiger partial charge in [0.25, 0.3) is 0 Å². The molecule has 0 atom stereocenters. The van der Waals surface area contributed by atoms with Gasteiger partial charge in [0.05, 0.1) is 4.90 Å². The zero-order valence-electron chi connectivity index (χ0n) is 18.1. The van der Waals surface area contributed by atoms with Crippen molar-refractivity contribution in [3.05, 3.63) is 52.0 Å². The van der Waals surface area contributed by atoms with Crippen LogP contribution in [0.4, 0.5) is 0 Å². The summed E-state index contributed by atoms with van der Waals surface area (Å²) in [6.45, 7) is 5.74. The maximum absolute atomic E-state index is 12.9. The molecule has 0 unspecified atom stereocenters. The molecule has 1 saturated heterocycles. The number of carbonyl (C=O) groups is 1. The van der Waals surface area contributed by atoms with Gasteiger partial charge in [0, 0.05) is 30.1 Å². The van der Waals surface area contributed by atoms with Crippen molar-refractivity contribution in [1.82, 2.24) is 19.8 Å². The fourth-order valence-electron chi connectivity index (χ4n) is 3.61. The number of rotatable bonds is 7. The molecule has 10 heteroatoms. The standard InChI is InChI=1S/C22H26N4O4S2/c1-15-8-12-26(13-9-15)32(28,29)18-5-3-17(4-6-18)20-24-22(30-25-20)21(27)23-11-7-19-16(2)10-14-31-19/h3-6,10,14-15H,7-9,11-13H2,1-2H3,(H,23,27). The fraction of sp³-hybridized carbons (Fsp3) is 0.409. The van der Waals surface area contributed by atoms with E-state index in [-0.39, 0.29) is 16.6 Å². The maximum atomic E-state index is 12.9. The third-order valence-electron chi connectivity index (χ3n) is 5.72. The molecule has 32 heavy (non-hydrogen) atoms. The Labute approximate surface area is 191 Å². The third kappa shape index (κ3) is 4.92. The molecule has 1 amide bonds. The van der Waals surface area contributed by atoms with E-state index in [1.54, 1.807) is 35.6 Å². The van der Waals surface area contributed by atoms with Gasteiger partial charge in [0.15, 0.2) is 0 Å². The first-order chi connectivity index (χ1) is 15.3. The van der Waals surface area contributed by atoms with Crippen molar-refractivity contribution >= 4 is 27.3 Å². The third-order valence-corrected chi connectivity index (χ3v) is 8.71. The number of thiophene rings is 1. The summed E-state index contributed by atoms with van der Waals surface area (Å²) in [6, 6.07) is 8.40. The van der Waals surface area contributed by atoms with E-state index < -0.39 is 15.9 Å². The van der Waals surface area contributed by atoms with Crippen molar-refractivity contribution < 1.29 is 17.7 Å². The van der Waals surface area contributed by atoms with E-state index in [1.165, 1.54) is 14.7 Å². The molecule has 8 nitrogen and oxygen atoms in total. The molecule has 0 aliphatic carbocycles. The van der Waals surface area contributed by atoms with E-state index in [0.717, 1.165) is 19.3 Å². The monoisotopic (exact) mass is 474 g/mol. The van der Waals surface area contributed by atoms with Crippen molar-refractivity contribution in [3.63, 3.8) is 0 Å². The van der Waals surface area contributed by atoms with Crippen LogP contribution in [-0.2, 0) is 16.4 Å². The van der Waals surface area contributed by atoms with Crippen molar-refractivity contribution in [2.45, 2.75) is 38.0 Å². The second-order valence-electron chi connectivity index (χ2n) is 8.07. The highest BCUT2D eigenvalue weighted by Crippen LogP contribution is 2.25. The Morgan fingerprint density at radius 3 is 2.59 bits per heavy atom. The molecule has 0 spiro atoms. The molecule has 1 aromatic carbocycles. The largest absolute Gasteiger partial charge is 0.347 e. The SMILES string of the molecule is Cc1ccsc1CCNC(=O)c1nc(-c2ccc(S(=O)(=O)N3CCC(C)CC3)cc2)no1. The van der Waals surface area contributed by atoms with E-state index in [2.05, 4.69) is 28.4 Å². The van der Waals surface area contributed by atoms with Gasteiger partial charge in [0.1, 0.15) is 0 Å². The van der Waals surface area contributed by atoms with Gasteiger partial charge in [-0.05, 0) is 73.4 Å². The predicted molar refractivity (Wildman–Crippen MR) is 122 cm³/mol. The number of piperidine rings is 1. The van der Waals surface area contributed by atoms with E-state index in [4.69, 9.17) is 4.52 Å². The molecule has 0 saturated carbocycles. The number of aryl methyl sites for hydroxylation is 1. The number of benzene rings is 1. The van der Waals surface area contributed by atoms with Crippen LogP contribution in [-0.4, -0.2) is 48.4 Å². The zero-order chi connectivity index (χ0) is 22.7. The molecule has 1 aliphatic heterocycles. The van der Waals surface area contributed by atoms with Gasteiger partial charge < -0.3 is 9.84 Å². The van der Waals surface area contributed by atoms with Crippen LogP contribution in [0.1, 0.15) is 40.9 Å². The van der Waals surface area contributed by atoms with Crippen LogP contribution >= 0.6 is 11.3 Å². The highest BCUT2D eigenvalue weighted by molar-refractivity contribution is 7.89. The van der Waals surface area contributed by atoms with Gasteiger partial charge in [-0.15, -0.1) is 11.3 Å². The van der Waals surface area contributed by atoms with Crippen LogP contribution in [0.2, 0.25) is 0 Å². The lowest BCUT2D eigenvalue weighted by Gasteiger charge is -2.29. The average molecular weight is 475 g/mol. The van der Waals surface area contributed by atoms with E-state index in [1.807, 2.05) is 12.3 Å². The average Bonchev–Trinajstić information content (AvgIpc) is 3.44. The van der Waals surface area contributed by atoms with Crippen LogP contribution < -0.4 is 5.32 Å². The molecule has 1 fully saturated rings. The first-order valence-corrected chi connectivity index (χ1v) is 12.9. The summed E-state index contributed by atoms with van der Waals surface area (Å²) in [7, 11) is -3.52. The quantitative estimate of drug-likeness (QED) is 0.562. The minimum absolute atomic E-state index is 0.123. The van der Waals surface area contributed by atoms with Gasteiger partial charge in [-0.3, -0.25) is 4.79 Å². The Bertz CT molecular complexity index is 1180. The summed E-state index contributed by atoms with van der Waals surface area (Å²) in [5, 5.41) is 8.68. The van der Waals surface area contributed by atoms with Crippen LogP contribution in [0.25, 0.3) is 11.4 Å². The van der Waals surface area contributed by atoms with Crippen LogP contribution in [0, 0.1) is 12.8 Å². The summed E-state index contributed by atoms with van der Waals surface area (Å²) in [4.78, 5) is 17.9.